The number of hydrogen-bond donors (Lipinski definition) is 3. The summed E-state index contributed by atoms with van der Waals surface area (Å²) in [6.07, 6.45) is 2.83. The smallest absolute Gasteiger partial charge is 0.0963 e. The lowest BCUT2D eigenvalue weighted by molar-refractivity contribution is 0.223. The predicted molar refractivity (Wildman–Crippen MR) is 68.7 cm³/mol. The molecule has 0 aliphatic heterocycles. The Labute approximate surface area is 99.3 Å². The molecule has 0 aromatic carbocycles. The van der Waals surface area contributed by atoms with Crippen LogP contribution in [0.15, 0.2) is 0 Å². The summed E-state index contributed by atoms with van der Waals surface area (Å²) in [6, 6.07) is 0. The predicted octanol–water partition coefficient (Wildman–Crippen LogP) is 1.43. The van der Waals surface area contributed by atoms with Crippen molar-refractivity contribution in [2.45, 2.75) is 40.0 Å². The molecule has 0 aliphatic rings. The van der Waals surface area contributed by atoms with Crippen LogP contribution in [0.1, 0.15) is 40.0 Å². The summed E-state index contributed by atoms with van der Waals surface area (Å²) in [5.74, 6) is 0.269. The van der Waals surface area contributed by atoms with Crippen molar-refractivity contribution in [3.8, 4) is 0 Å². The quantitative estimate of drug-likeness (QED) is 0.414. The van der Waals surface area contributed by atoms with Gasteiger partial charge < -0.3 is 15.7 Å². The Morgan fingerprint density at radius 2 is 1.88 bits per heavy atom. The van der Waals surface area contributed by atoms with E-state index in [0.717, 1.165) is 38.9 Å². The highest BCUT2D eigenvalue weighted by molar-refractivity contribution is 5.82. The Kier molecular flexibility index (Phi) is 7.34. The van der Waals surface area contributed by atoms with Gasteiger partial charge in [-0.2, -0.15) is 0 Å². The van der Waals surface area contributed by atoms with Gasteiger partial charge in [0.25, 0.3) is 0 Å². The monoisotopic (exact) mass is 229 g/mol. The first-order valence-corrected chi connectivity index (χ1v) is 6.11. The topological polar surface area (TPSA) is 73.3 Å². The van der Waals surface area contributed by atoms with Crippen molar-refractivity contribution >= 4 is 5.84 Å². The van der Waals surface area contributed by atoms with Crippen LogP contribution in [0.4, 0.5) is 0 Å². The largest absolute Gasteiger partial charge is 0.396 e. The van der Waals surface area contributed by atoms with E-state index < -0.39 is 0 Å². The Morgan fingerprint density at radius 1 is 1.31 bits per heavy atom. The molecule has 0 aromatic rings. The molecule has 0 aromatic heterocycles. The van der Waals surface area contributed by atoms with E-state index in [9.17, 15) is 0 Å². The van der Waals surface area contributed by atoms with Crippen molar-refractivity contribution in [2.75, 3.05) is 26.2 Å². The number of amidine groups is 1. The molecule has 0 radical (unpaired) electrons. The van der Waals surface area contributed by atoms with Crippen LogP contribution in [0.25, 0.3) is 0 Å². The van der Waals surface area contributed by atoms with Crippen molar-refractivity contribution in [1.82, 2.24) is 4.90 Å². The van der Waals surface area contributed by atoms with Crippen LogP contribution >= 0.6 is 0 Å². The number of aliphatic hydroxyl groups excluding tert-OH is 1. The maximum Gasteiger partial charge on any atom is 0.0963 e. The summed E-state index contributed by atoms with van der Waals surface area (Å²) >= 11 is 0. The van der Waals surface area contributed by atoms with Crippen LogP contribution in [0.2, 0.25) is 0 Å². The van der Waals surface area contributed by atoms with Crippen LogP contribution in [-0.4, -0.2) is 42.1 Å². The molecular formula is C12H27N3O. The van der Waals surface area contributed by atoms with Crippen LogP contribution < -0.4 is 5.73 Å². The van der Waals surface area contributed by atoms with Gasteiger partial charge in [0.05, 0.1) is 5.84 Å². The van der Waals surface area contributed by atoms with Gasteiger partial charge in [-0.25, -0.2) is 0 Å². The summed E-state index contributed by atoms with van der Waals surface area (Å²) < 4.78 is 0. The van der Waals surface area contributed by atoms with E-state index in [1.807, 2.05) is 13.8 Å². The van der Waals surface area contributed by atoms with E-state index in [1.54, 1.807) is 0 Å². The molecule has 0 heterocycles. The molecule has 0 saturated carbocycles. The van der Waals surface area contributed by atoms with Gasteiger partial charge in [0.15, 0.2) is 0 Å². The minimum atomic E-state index is -0.184. The molecular weight excluding hydrogens is 202 g/mol. The second kappa shape index (κ2) is 7.63. The first-order chi connectivity index (χ1) is 7.44. The normalized spacial score (nSPS) is 12.1. The van der Waals surface area contributed by atoms with E-state index in [-0.39, 0.29) is 17.9 Å². The van der Waals surface area contributed by atoms with Gasteiger partial charge in [-0.05, 0) is 32.4 Å². The summed E-state index contributed by atoms with van der Waals surface area (Å²) in [7, 11) is 0. The number of hydrogen-bond acceptors (Lipinski definition) is 3. The van der Waals surface area contributed by atoms with Gasteiger partial charge in [0, 0.05) is 18.6 Å². The van der Waals surface area contributed by atoms with Crippen LogP contribution in [0, 0.1) is 10.8 Å². The van der Waals surface area contributed by atoms with E-state index in [4.69, 9.17) is 16.2 Å². The van der Waals surface area contributed by atoms with Crippen molar-refractivity contribution in [2.24, 2.45) is 11.1 Å². The molecule has 4 nitrogen and oxygen atoms in total. The highest BCUT2D eigenvalue weighted by Gasteiger charge is 2.21. The fraction of sp³-hybridized carbons (Fsp3) is 0.917. The first kappa shape index (κ1) is 15.4. The zero-order chi connectivity index (χ0) is 12.6. The lowest BCUT2D eigenvalue weighted by Crippen LogP contribution is -2.32. The molecule has 0 spiro atoms. The SMILES string of the molecule is CCN(CCCO)CCCC(C)(C)C(=N)N. The van der Waals surface area contributed by atoms with Crippen LogP contribution in [-0.2, 0) is 0 Å². The average molecular weight is 229 g/mol. The fourth-order valence-corrected chi connectivity index (χ4v) is 1.60. The molecule has 0 amide bonds. The standard InChI is InChI=1S/C12H27N3O/c1-4-15(9-6-10-16)8-5-7-12(2,3)11(13)14/h16H,4-10H2,1-3H3,(H3,13,14). The van der Waals surface area contributed by atoms with Gasteiger partial charge in [-0.1, -0.05) is 20.8 Å². The Bertz CT molecular complexity index is 204. The lowest BCUT2D eigenvalue weighted by Gasteiger charge is -2.25. The molecule has 0 atom stereocenters. The van der Waals surface area contributed by atoms with Crippen LogP contribution in [0.3, 0.4) is 0 Å². The van der Waals surface area contributed by atoms with Gasteiger partial charge >= 0.3 is 0 Å². The molecule has 0 fully saturated rings. The Morgan fingerprint density at radius 3 is 2.31 bits per heavy atom. The highest BCUT2D eigenvalue weighted by atomic mass is 16.3. The van der Waals surface area contributed by atoms with Gasteiger partial charge in [0.1, 0.15) is 0 Å². The summed E-state index contributed by atoms with van der Waals surface area (Å²) in [6.45, 7) is 9.41. The molecule has 0 bridgehead atoms. The molecule has 4 heteroatoms. The molecule has 4 N–H and O–H groups in total. The molecule has 0 saturated heterocycles. The van der Waals surface area contributed by atoms with E-state index >= 15 is 0 Å². The van der Waals surface area contributed by atoms with Gasteiger partial charge in [-0.3, -0.25) is 5.41 Å². The highest BCUT2D eigenvalue weighted by Crippen LogP contribution is 2.21. The minimum Gasteiger partial charge on any atom is -0.396 e. The third-order valence-corrected chi connectivity index (χ3v) is 3.08. The van der Waals surface area contributed by atoms with Crippen molar-refractivity contribution in [1.29, 1.82) is 5.41 Å². The average Bonchev–Trinajstić information content (AvgIpc) is 2.22. The minimum absolute atomic E-state index is 0.184. The third kappa shape index (κ3) is 6.08. The maximum absolute atomic E-state index is 8.77. The Balaban J connectivity index is 3.81. The van der Waals surface area contributed by atoms with E-state index in [1.165, 1.54) is 0 Å². The van der Waals surface area contributed by atoms with Crippen molar-refractivity contribution < 1.29 is 5.11 Å². The zero-order valence-electron chi connectivity index (χ0n) is 10.9. The second-order valence-corrected chi connectivity index (χ2v) is 4.91. The van der Waals surface area contributed by atoms with Crippen molar-refractivity contribution in [3.63, 3.8) is 0 Å². The number of nitrogens with zero attached hydrogens (tertiary/aromatic N) is 1. The van der Waals surface area contributed by atoms with E-state index in [0.29, 0.717) is 0 Å². The fourth-order valence-electron chi connectivity index (χ4n) is 1.60. The second-order valence-electron chi connectivity index (χ2n) is 4.91. The van der Waals surface area contributed by atoms with Crippen molar-refractivity contribution in [3.05, 3.63) is 0 Å². The zero-order valence-corrected chi connectivity index (χ0v) is 10.9. The first-order valence-electron chi connectivity index (χ1n) is 6.11. The third-order valence-electron chi connectivity index (χ3n) is 3.08. The molecule has 96 valence electrons. The summed E-state index contributed by atoms with van der Waals surface area (Å²) in [4.78, 5) is 2.33. The summed E-state index contributed by atoms with van der Waals surface area (Å²) in [5.41, 5.74) is 5.35. The van der Waals surface area contributed by atoms with Gasteiger partial charge in [0.2, 0.25) is 0 Å². The molecule has 16 heavy (non-hydrogen) atoms. The maximum atomic E-state index is 8.77. The molecule has 0 rings (SSSR count). The number of aliphatic hydroxyl groups is 1. The molecule has 0 unspecified atom stereocenters. The molecule has 0 aliphatic carbocycles. The lowest BCUT2D eigenvalue weighted by atomic mass is 9.86. The van der Waals surface area contributed by atoms with Gasteiger partial charge in [-0.15, -0.1) is 0 Å². The Hall–Kier alpha value is -0.610. The summed E-state index contributed by atoms with van der Waals surface area (Å²) in [5, 5.41) is 16.2. The number of nitrogens with one attached hydrogen (secondary N) is 1. The number of rotatable bonds is 9. The van der Waals surface area contributed by atoms with Crippen LogP contribution in [0.5, 0.6) is 0 Å². The number of nitrogens with two attached hydrogens (primary N) is 1. The van der Waals surface area contributed by atoms with E-state index in [2.05, 4.69) is 11.8 Å².